The van der Waals surface area contributed by atoms with Crippen molar-refractivity contribution in [2.75, 3.05) is 0 Å². The van der Waals surface area contributed by atoms with Gasteiger partial charge in [-0.05, 0) is 40.2 Å². The van der Waals surface area contributed by atoms with Gasteiger partial charge in [0.25, 0.3) is 0 Å². The second-order valence-corrected chi connectivity index (χ2v) is 6.19. The van der Waals surface area contributed by atoms with E-state index in [4.69, 9.17) is 8.83 Å². The highest BCUT2D eigenvalue weighted by atomic mass is 79.9. The molecule has 2 heterocycles. The lowest BCUT2D eigenvalue weighted by Gasteiger charge is -1.93. The summed E-state index contributed by atoms with van der Waals surface area (Å²) < 4.78 is 12.8. The molecule has 0 saturated heterocycles. The first-order valence-electron chi connectivity index (χ1n) is 7.27. The molecule has 2 aromatic heterocycles. The van der Waals surface area contributed by atoms with Crippen LogP contribution in [0.2, 0.25) is 0 Å². The summed E-state index contributed by atoms with van der Waals surface area (Å²) in [6.07, 6.45) is 0. The topological polar surface area (TPSA) is 39.2 Å². The number of hydrogen-bond acceptors (Lipinski definition) is 3. The lowest BCUT2D eigenvalue weighted by Crippen LogP contribution is -1.76. The number of halogens is 1. The molecular weight excluding hydrogens is 354 g/mol. The van der Waals surface area contributed by atoms with Crippen molar-refractivity contribution in [2.24, 2.45) is 0 Å². The Morgan fingerprint density at radius 1 is 0.783 bits per heavy atom. The SMILES string of the molecule is Brc1c2nc(-c3ccccc3)oc2cc2c1oc1ccccc12. The summed E-state index contributed by atoms with van der Waals surface area (Å²) in [5, 5.41) is 2.10. The maximum Gasteiger partial charge on any atom is 0.227 e. The average molecular weight is 364 g/mol. The Morgan fingerprint density at radius 2 is 1.57 bits per heavy atom. The van der Waals surface area contributed by atoms with Gasteiger partial charge in [-0.3, -0.25) is 0 Å². The molecule has 0 aliphatic heterocycles. The third-order valence-corrected chi connectivity index (χ3v) is 4.73. The molecule has 0 amide bonds. The van der Waals surface area contributed by atoms with Crippen molar-refractivity contribution in [3.8, 4) is 11.5 Å². The summed E-state index contributed by atoms with van der Waals surface area (Å²) in [6.45, 7) is 0. The predicted molar refractivity (Wildman–Crippen MR) is 94.4 cm³/mol. The molecule has 110 valence electrons. The molecule has 0 saturated carbocycles. The van der Waals surface area contributed by atoms with Crippen LogP contribution in [0.3, 0.4) is 0 Å². The fourth-order valence-corrected chi connectivity index (χ4v) is 3.48. The molecule has 0 N–H and O–H groups in total. The molecule has 0 aliphatic carbocycles. The van der Waals surface area contributed by atoms with Crippen molar-refractivity contribution in [2.45, 2.75) is 0 Å². The molecule has 0 unspecified atom stereocenters. The number of hydrogen-bond donors (Lipinski definition) is 0. The van der Waals surface area contributed by atoms with Crippen LogP contribution in [0, 0.1) is 0 Å². The second kappa shape index (κ2) is 4.70. The lowest BCUT2D eigenvalue weighted by molar-refractivity contribution is 0.620. The monoisotopic (exact) mass is 363 g/mol. The molecule has 4 heteroatoms. The van der Waals surface area contributed by atoms with Crippen LogP contribution in [0.25, 0.3) is 44.5 Å². The number of furan rings is 1. The van der Waals surface area contributed by atoms with Gasteiger partial charge in [0.1, 0.15) is 11.1 Å². The van der Waals surface area contributed by atoms with Gasteiger partial charge in [-0.1, -0.05) is 36.4 Å². The summed E-state index contributed by atoms with van der Waals surface area (Å²) >= 11 is 3.63. The van der Waals surface area contributed by atoms with Crippen LogP contribution >= 0.6 is 15.9 Å². The first-order valence-corrected chi connectivity index (χ1v) is 8.06. The zero-order chi connectivity index (χ0) is 15.4. The highest BCUT2D eigenvalue weighted by Gasteiger charge is 2.17. The second-order valence-electron chi connectivity index (χ2n) is 5.40. The van der Waals surface area contributed by atoms with Gasteiger partial charge in [-0.15, -0.1) is 0 Å². The van der Waals surface area contributed by atoms with Gasteiger partial charge in [0.2, 0.25) is 5.89 Å². The van der Waals surface area contributed by atoms with Crippen LogP contribution in [0.4, 0.5) is 0 Å². The first-order chi connectivity index (χ1) is 11.3. The molecule has 5 aromatic rings. The third-order valence-electron chi connectivity index (χ3n) is 3.99. The summed E-state index contributed by atoms with van der Waals surface area (Å²) in [5.74, 6) is 0.609. The number of para-hydroxylation sites is 1. The number of aromatic nitrogens is 1. The maximum atomic E-state index is 5.98. The Hall–Kier alpha value is -2.59. The molecule has 0 spiro atoms. The maximum absolute atomic E-state index is 5.98. The fourth-order valence-electron chi connectivity index (χ4n) is 2.90. The Morgan fingerprint density at radius 3 is 2.43 bits per heavy atom. The number of rotatable bonds is 1. The minimum Gasteiger partial charge on any atom is -0.455 e. The van der Waals surface area contributed by atoms with E-state index in [-0.39, 0.29) is 0 Å². The van der Waals surface area contributed by atoms with E-state index in [1.54, 1.807) is 0 Å². The fraction of sp³-hybridized carbons (Fsp3) is 0. The van der Waals surface area contributed by atoms with E-state index in [1.165, 1.54) is 0 Å². The molecule has 0 aliphatic rings. The Kier molecular flexibility index (Phi) is 2.64. The highest BCUT2D eigenvalue weighted by molar-refractivity contribution is 9.10. The number of fused-ring (bicyclic) bond motifs is 4. The zero-order valence-electron chi connectivity index (χ0n) is 11.9. The molecule has 0 atom stereocenters. The van der Waals surface area contributed by atoms with Crippen molar-refractivity contribution >= 4 is 49.0 Å². The minimum atomic E-state index is 0.609. The third kappa shape index (κ3) is 1.85. The van der Waals surface area contributed by atoms with Crippen LogP contribution in [0.1, 0.15) is 0 Å². The number of oxazole rings is 1. The van der Waals surface area contributed by atoms with Crippen LogP contribution < -0.4 is 0 Å². The van der Waals surface area contributed by atoms with Gasteiger partial charge < -0.3 is 8.83 Å². The summed E-state index contributed by atoms with van der Waals surface area (Å²) in [4.78, 5) is 4.63. The van der Waals surface area contributed by atoms with Gasteiger partial charge in [0.05, 0.1) is 4.47 Å². The van der Waals surface area contributed by atoms with E-state index in [1.807, 2.05) is 60.7 Å². The van der Waals surface area contributed by atoms with E-state index in [0.717, 1.165) is 43.1 Å². The predicted octanol–water partition coefficient (Wildman–Crippen LogP) is 6.16. The van der Waals surface area contributed by atoms with Gasteiger partial charge in [-0.2, -0.15) is 0 Å². The molecule has 0 fully saturated rings. The molecule has 5 rings (SSSR count). The van der Waals surface area contributed by atoms with Gasteiger partial charge in [0, 0.05) is 16.3 Å². The van der Waals surface area contributed by atoms with Crippen LogP contribution in [-0.2, 0) is 0 Å². The molecule has 3 aromatic carbocycles. The zero-order valence-corrected chi connectivity index (χ0v) is 13.5. The van der Waals surface area contributed by atoms with E-state index in [9.17, 15) is 0 Å². The summed E-state index contributed by atoms with van der Waals surface area (Å²) in [5.41, 5.74) is 4.13. The average Bonchev–Trinajstić information content (AvgIpc) is 3.18. The lowest BCUT2D eigenvalue weighted by atomic mass is 10.1. The van der Waals surface area contributed by atoms with Gasteiger partial charge in [-0.25, -0.2) is 4.98 Å². The summed E-state index contributed by atoms with van der Waals surface area (Å²) in [7, 11) is 0. The molecule has 0 bridgehead atoms. The molecular formula is C19H10BrNO2. The van der Waals surface area contributed by atoms with Crippen molar-refractivity contribution in [1.29, 1.82) is 0 Å². The quantitative estimate of drug-likeness (QED) is 0.358. The van der Waals surface area contributed by atoms with Crippen molar-refractivity contribution in [1.82, 2.24) is 4.98 Å². The standard InChI is InChI=1S/C19H10BrNO2/c20-16-17-15(23-19(21-17)11-6-2-1-3-7-11)10-13-12-8-4-5-9-14(12)22-18(13)16/h1-10H. The van der Waals surface area contributed by atoms with E-state index in [0.29, 0.717) is 5.89 Å². The van der Waals surface area contributed by atoms with Gasteiger partial charge >= 0.3 is 0 Å². The number of benzene rings is 3. The Labute approximate surface area is 139 Å². The molecule has 3 nitrogen and oxygen atoms in total. The van der Waals surface area contributed by atoms with E-state index < -0.39 is 0 Å². The largest absolute Gasteiger partial charge is 0.455 e. The highest BCUT2D eigenvalue weighted by Crippen LogP contribution is 2.39. The van der Waals surface area contributed by atoms with Crippen LogP contribution in [0.15, 0.2) is 74.0 Å². The summed E-state index contributed by atoms with van der Waals surface area (Å²) in [6, 6.07) is 19.9. The molecule has 23 heavy (non-hydrogen) atoms. The van der Waals surface area contributed by atoms with Crippen molar-refractivity contribution < 1.29 is 8.83 Å². The van der Waals surface area contributed by atoms with Crippen LogP contribution in [-0.4, -0.2) is 4.98 Å². The van der Waals surface area contributed by atoms with Crippen molar-refractivity contribution in [3.63, 3.8) is 0 Å². The number of nitrogens with zero attached hydrogens (tertiary/aromatic N) is 1. The van der Waals surface area contributed by atoms with Gasteiger partial charge in [0.15, 0.2) is 11.2 Å². The smallest absolute Gasteiger partial charge is 0.227 e. The Balaban J connectivity index is 1.86. The van der Waals surface area contributed by atoms with Crippen molar-refractivity contribution in [3.05, 3.63) is 65.1 Å². The Bertz CT molecular complexity index is 1170. The van der Waals surface area contributed by atoms with E-state index >= 15 is 0 Å². The normalized spacial score (nSPS) is 11.7. The van der Waals surface area contributed by atoms with Crippen LogP contribution in [0.5, 0.6) is 0 Å². The van der Waals surface area contributed by atoms with E-state index in [2.05, 4.69) is 20.9 Å². The minimum absolute atomic E-state index is 0.609. The molecule has 0 radical (unpaired) electrons. The first kappa shape index (κ1) is 12.9.